The normalized spacial score (nSPS) is 11.6. The van der Waals surface area contributed by atoms with Crippen LogP contribution in [0.25, 0.3) is 10.9 Å². The van der Waals surface area contributed by atoms with Crippen molar-refractivity contribution < 1.29 is 9.53 Å². The first-order valence-electron chi connectivity index (χ1n) is 5.91. The molecule has 1 amide bonds. The molecule has 0 atom stereocenters. The fourth-order valence-corrected chi connectivity index (χ4v) is 1.82. The van der Waals surface area contributed by atoms with Gasteiger partial charge >= 0.3 is 6.09 Å². The predicted molar refractivity (Wildman–Crippen MR) is 72.8 cm³/mol. The maximum Gasteiger partial charge on any atom is 0.413 e. The summed E-state index contributed by atoms with van der Waals surface area (Å²) in [4.78, 5) is 11.7. The van der Waals surface area contributed by atoms with Gasteiger partial charge in [-0.2, -0.15) is 0 Å². The van der Waals surface area contributed by atoms with Crippen molar-refractivity contribution in [3.63, 3.8) is 0 Å². The minimum atomic E-state index is -0.491. The zero-order valence-corrected chi connectivity index (χ0v) is 11.2. The van der Waals surface area contributed by atoms with Crippen LogP contribution >= 0.6 is 0 Å². The van der Waals surface area contributed by atoms with Crippen LogP contribution in [0.3, 0.4) is 0 Å². The van der Waals surface area contributed by atoms with Crippen molar-refractivity contribution in [3.05, 3.63) is 30.3 Å². The molecule has 0 saturated carbocycles. The first-order valence-corrected chi connectivity index (χ1v) is 5.91. The molecule has 0 aliphatic rings. The number of nitrogens with zero attached hydrogens (tertiary/aromatic N) is 1. The number of carbonyl (C=O) groups is 1. The number of aromatic nitrogens is 1. The highest BCUT2D eigenvalue weighted by atomic mass is 16.6. The molecule has 96 valence electrons. The molecule has 0 bridgehead atoms. The molecule has 0 radical (unpaired) electrons. The van der Waals surface area contributed by atoms with E-state index in [1.54, 1.807) is 0 Å². The number of benzene rings is 1. The topological polar surface area (TPSA) is 43.3 Å². The summed E-state index contributed by atoms with van der Waals surface area (Å²) in [7, 11) is 1.91. The standard InChI is InChI=1S/C14H18N2O2/c1-14(2,3)18-13(17)15-12-9-10-7-5-6-8-11(10)16(12)4/h5-9H,1-4H3,(H,15,17). The fraction of sp³-hybridized carbons (Fsp3) is 0.357. The number of aryl methyl sites for hydroxylation is 1. The van der Waals surface area contributed by atoms with Crippen LogP contribution in [0.5, 0.6) is 0 Å². The van der Waals surface area contributed by atoms with Gasteiger partial charge in [-0.25, -0.2) is 4.79 Å². The molecule has 0 fully saturated rings. The summed E-state index contributed by atoms with van der Waals surface area (Å²) in [5, 5.41) is 3.85. The molecule has 1 aromatic heterocycles. The van der Waals surface area contributed by atoms with Gasteiger partial charge in [0.15, 0.2) is 0 Å². The fourth-order valence-electron chi connectivity index (χ4n) is 1.82. The number of ether oxygens (including phenoxy) is 1. The van der Waals surface area contributed by atoms with Gasteiger partial charge in [0.05, 0.1) is 0 Å². The summed E-state index contributed by atoms with van der Waals surface area (Å²) in [5.41, 5.74) is 0.581. The van der Waals surface area contributed by atoms with E-state index in [9.17, 15) is 4.79 Å². The van der Waals surface area contributed by atoms with E-state index in [0.717, 1.165) is 16.7 Å². The lowest BCUT2D eigenvalue weighted by Crippen LogP contribution is -2.27. The molecular formula is C14H18N2O2. The van der Waals surface area contributed by atoms with E-state index in [0.29, 0.717) is 0 Å². The van der Waals surface area contributed by atoms with Crippen LogP contribution in [0.1, 0.15) is 20.8 Å². The van der Waals surface area contributed by atoms with Crippen molar-refractivity contribution in [2.24, 2.45) is 7.05 Å². The summed E-state index contributed by atoms with van der Waals surface area (Å²) in [5.74, 6) is 0.727. The Hall–Kier alpha value is -1.97. The maximum absolute atomic E-state index is 11.7. The Morgan fingerprint density at radius 1 is 1.28 bits per heavy atom. The smallest absolute Gasteiger partial charge is 0.413 e. The molecule has 1 N–H and O–H groups in total. The molecule has 2 aromatic rings. The molecule has 0 aliphatic heterocycles. The second-order valence-electron chi connectivity index (χ2n) is 5.27. The third-order valence-corrected chi connectivity index (χ3v) is 2.58. The van der Waals surface area contributed by atoms with Gasteiger partial charge in [0.1, 0.15) is 11.4 Å². The Kier molecular flexibility index (Phi) is 3.03. The summed E-state index contributed by atoms with van der Waals surface area (Å²) in [6, 6.07) is 9.89. The number of hydrogen-bond donors (Lipinski definition) is 1. The molecule has 2 rings (SSSR count). The van der Waals surface area contributed by atoms with E-state index >= 15 is 0 Å². The van der Waals surface area contributed by atoms with E-state index in [1.807, 2.05) is 62.7 Å². The monoisotopic (exact) mass is 246 g/mol. The summed E-state index contributed by atoms with van der Waals surface area (Å²) < 4.78 is 7.16. The molecule has 0 saturated heterocycles. The number of hydrogen-bond acceptors (Lipinski definition) is 2. The van der Waals surface area contributed by atoms with E-state index in [4.69, 9.17) is 4.74 Å². The number of amides is 1. The number of anilines is 1. The maximum atomic E-state index is 11.7. The molecule has 1 aromatic carbocycles. The minimum absolute atomic E-state index is 0.437. The Morgan fingerprint density at radius 3 is 2.56 bits per heavy atom. The molecule has 0 unspecified atom stereocenters. The zero-order valence-electron chi connectivity index (χ0n) is 11.2. The zero-order chi connectivity index (χ0) is 13.3. The third-order valence-electron chi connectivity index (χ3n) is 2.58. The van der Waals surface area contributed by atoms with Crippen molar-refractivity contribution >= 4 is 22.8 Å². The van der Waals surface area contributed by atoms with Gasteiger partial charge in [0, 0.05) is 18.0 Å². The lowest BCUT2D eigenvalue weighted by atomic mass is 10.2. The van der Waals surface area contributed by atoms with Gasteiger partial charge in [-0.05, 0) is 32.9 Å². The Balaban J connectivity index is 2.22. The van der Waals surface area contributed by atoms with Gasteiger partial charge in [-0.15, -0.1) is 0 Å². The number of nitrogens with one attached hydrogen (secondary N) is 1. The minimum Gasteiger partial charge on any atom is -0.444 e. The number of rotatable bonds is 1. The number of fused-ring (bicyclic) bond motifs is 1. The highest BCUT2D eigenvalue weighted by Crippen LogP contribution is 2.22. The quantitative estimate of drug-likeness (QED) is 0.836. The molecular weight excluding hydrogens is 228 g/mol. The average molecular weight is 246 g/mol. The van der Waals surface area contributed by atoms with Gasteiger partial charge in [-0.3, -0.25) is 5.32 Å². The van der Waals surface area contributed by atoms with Crippen LogP contribution in [0.2, 0.25) is 0 Å². The van der Waals surface area contributed by atoms with Crippen molar-refractivity contribution in [2.45, 2.75) is 26.4 Å². The van der Waals surface area contributed by atoms with E-state index in [-0.39, 0.29) is 0 Å². The lowest BCUT2D eigenvalue weighted by Gasteiger charge is -2.19. The molecule has 0 aliphatic carbocycles. The molecule has 18 heavy (non-hydrogen) atoms. The lowest BCUT2D eigenvalue weighted by molar-refractivity contribution is 0.0635. The van der Waals surface area contributed by atoms with E-state index < -0.39 is 11.7 Å². The molecule has 0 spiro atoms. The summed E-state index contributed by atoms with van der Waals surface area (Å²) in [6.45, 7) is 5.52. The van der Waals surface area contributed by atoms with Crippen LogP contribution < -0.4 is 5.32 Å². The van der Waals surface area contributed by atoms with Crippen molar-refractivity contribution in [1.29, 1.82) is 0 Å². The third kappa shape index (κ3) is 2.64. The van der Waals surface area contributed by atoms with Crippen LogP contribution in [0, 0.1) is 0 Å². The van der Waals surface area contributed by atoms with Gasteiger partial charge < -0.3 is 9.30 Å². The Bertz CT molecular complexity index is 579. The number of carbonyl (C=O) groups excluding carboxylic acids is 1. The number of para-hydroxylation sites is 1. The van der Waals surface area contributed by atoms with Gasteiger partial charge in [-0.1, -0.05) is 18.2 Å². The summed E-state index contributed by atoms with van der Waals surface area (Å²) in [6.07, 6.45) is -0.437. The second-order valence-corrected chi connectivity index (χ2v) is 5.27. The molecule has 4 heteroatoms. The Morgan fingerprint density at radius 2 is 1.94 bits per heavy atom. The van der Waals surface area contributed by atoms with Crippen LogP contribution in [-0.4, -0.2) is 16.3 Å². The van der Waals surface area contributed by atoms with Crippen LogP contribution in [0.4, 0.5) is 10.6 Å². The first-order chi connectivity index (χ1) is 8.37. The average Bonchev–Trinajstić information content (AvgIpc) is 2.54. The van der Waals surface area contributed by atoms with Crippen LogP contribution in [-0.2, 0) is 11.8 Å². The Labute approximate surface area is 107 Å². The van der Waals surface area contributed by atoms with E-state index in [2.05, 4.69) is 5.32 Å². The van der Waals surface area contributed by atoms with E-state index in [1.165, 1.54) is 0 Å². The highest BCUT2D eigenvalue weighted by Gasteiger charge is 2.17. The first kappa shape index (κ1) is 12.5. The van der Waals surface area contributed by atoms with Crippen LogP contribution in [0.15, 0.2) is 30.3 Å². The molecule has 1 heterocycles. The van der Waals surface area contributed by atoms with Gasteiger partial charge in [0.2, 0.25) is 0 Å². The van der Waals surface area contributed by atoms with Gasteiger partial charge in [0.25, 0.3) is 0 Å². The largest absolute Gasteiger partial charge is 0.444 e. The summed E-state index contributed by atoms with van der Waals surface area (Å²) >= 11 is 0. The van der Waals surface area contributed by atoms with Crippen molar-refractivity contribution in [3.8, 4) is 0 Å². The second kappa shape index (κ2) is 4.37. The van der Waals surface area contributed by atoms with Crippen molar-refractivity contribution in [1.82, 2.24) is 4.57 Å². The SMILES string of the molecule is Cn1c(NC(=O)OC(C)(C)C)cc2ccccc21. The predicted octanol–water partition coefficient (Wildman–Crippen LogP) is 3.53. The molecule has 4 nitrogen and oxygen atoms in total. The van der Waals surface area contributed by atoms with Crippen molar-refractivity contribution in [2.75, 3.05) is 5.32 Å². The highest BCUT2D eigenvalue weighted by molar-refractivity contribution is 5.91.